The number of likely N-dealkylation sites (tertiary alicyclic amines) is 1. The molecule has 2 heterocycles. The predicted octanol–water partition coefficient (Wildman–Crippen LogP) is 0.764. The SMILES string of the molecule is CCCNC1CCN(C2CCOC2C)C1=O. The molecule has 0 radical (unpaired) electrons. The maximum absolute atomic E-state index is 12.2. The van der Waals surface area contributed by atoms with Crippen molar-refractivity contribution in [1.82, 2.24) is 10.2 Å². The summed E-state index contributed by atoms with van der Waals surface area (Å²) in [4.78, 5) is 14.2. The minimum Gasteiger partial charge on any atom is -0.376 e. The average molecular weight is 226 g/mol. The Labute approximate surface area is 97.3 Å². The van der Waals surface area contributed by atoms with Crippen molar-refractivity contribution in [1.29, 1.82) is 0 Å². The van der Waals surface area contributed by atoms with Crippen LogP contribution in [0.2, 0.25) is 0 Å². The summed E-state index contributed by atoms with van der Waals surface area (Å²) < 4.78 is 5.53. The molecule has 0 aromatic carbocycles. The van der Waals surface area contributed by atoms with E-state index in [1.54, 1.807) is 0 Å². The molecule has 0 saturated carbocycles. The van der Waals surface area contributed by atoms with Gasteiger partial charge in [0.2, 0.25) is 5.91 Å². The normalized spacial score (nSPS) is 35.0. The molecule has 0 bridgehead atoms. The second kappa shape index (κ2) is 5.15. The van der Waals surface area contributed by atoms with Gasteiger partial charge in [-0.2, -0.15) is 0 Å². The van der Waals surface area contributed by atoms with Crippen LogP contribution in [0.25, 0.3) is 0 Å². The lowest BCUT2D eigenvalue weighted by molar-refractivity contribution is -0.132. The van der Waals surface area contributed by atoms with E-state index in [0.29, 0.717) is 6.04 Å². The van der Waals surface area contributed by atoms with Crippen molar-refractivity contribution in [3.05, 3.63) is 0 Å². The van der Waals surface area contributed by atoms with Crippen LogP contribution in [0.5, 0.6) is 0 Å². The molecule has 1 N–H and O–H groups in total. The molecular formula is C12H22N2O2. The molecule has 0 aromatic heterocycles. The smallest absolute Gasteiger partial charge is 0.240 e. The highest BCUT2D eigenvalue weighted by atomic mass is 16.5. The Kier molecular flexibility index (Phi) is 3.82. The second-order valence-corrected chi connectivity index (χ2v) is 4.76. The molecule has 4 nitrogen and oxygen atoms in total. The van der Waals surface area contributed by atoms with Crippen LogP contribution in [-0.4, -0.2) is 48.7 Å². The van der Waals surface area contributed by atoms with Crippen molar-refractivity contribution in [2.45, 2.75) is 51.3 Å². The Bertz CT molecular complexity index is 257. The molecule has 3 atom stereocenters. The van der Waals surface area contributed by atoms with Crippen molar-refractivity contribution in [2.75, 3.05) is 19.7 Å². The average Bonchev–Trinajstić information content (AvgIpc) is 2.83. The van der Waals surface area contributed by atoms with E-state index in [1.165, 1.54) is 0 Å². The van der Waals surface area contributed by atoms with Gasteiger partial charge in [-0.05, 0) is 32.7 Å². The first-order valence-corrected chi connectivity index (χ1v) is 6.39. The standard InChI is InChI=1S/C12H22N2O2/c1-3-6-13-10-4-7-14(12(10)15)11-5-8-16-9(11)2/h9-11,13H,3-8H2,1-2H3. The van der Waals surface area contributed by atoms with Crippen LogP contribution in [0.3, 0.4) is 0 Å². The van der Waals surface area contributed by atoms with E-state index < -0.39 is 0 Å². The van der Waals surface area contributed by atoms with Gasteiger partial charge in [0.05, 0.1) is 18.2 Å². The molecule has 2 saturated heterocycles. The van der Waals surface area contributed by atoms with Gasteiger partial charge < -0.3 is 15.0 Å². The molecule has 2 aliphatic rings. The lowest BCUT2D eigenvalue weighted by Crippen LogP contribution is -2.45. The first kappa shape index (κ1) is 11.9. The zero-order chi connectivity index (χ0) is 11.5. The molecule has 2 aliphatic heterocycles. The van der Waals surface area contributed by atoms with Crippen LogP contribution in [0.1, 0.15) is 33.1 Å². The van der Waals surface area contributed by atoms with Crippen molar-refractivity contribution in [3.63, 3.8) is 0 Å². The molecule has 92 valence electrons. The molecule has 0 spiro atoms. The summed E-state index contributed by atoms with van der Waals surface area (Å²) in [6.07, 6.45) is 3.22. The fourth-order valence-electron chi connectivity index (χ4n) is 2.67. The van der Waals surface area contributed by atoms with Crippen molar-refractivity contribution >= 4 is 5.91 Å². The van der Waals surface area contributed by atoms with Crippen LogP contribution in [-0.2, 0) is 9.53 Å². The zero-order valence-corrected chi connectivity index (χ0v) is 10.2. The van der Waals surface area contributed by atoms with Gasteiger partial charge in [-0.3, -0.25) is 4.79 Å². The second-order valence-electron chi connectivity index (χ2n) is 4.76. The summed E-state index contributed by atoms with van der Waals surface area (Å²) in [5.74, 6) is 0.274. The molecule has 0 aromatic rings. The maximum atomic E-state index is 12.2. The lowest BCUT2D eigenvalue weighted by atomic mass is 10.1. The van der Waals surface area contributed by atoms with Gasteiger partial charge in [0, 0.05) is 13.2 Å². The molecule has 0 aliphatic carbocycles. The fraction of sp³-hybridized carbons (Fsp3) is 0.917. The Morgan fingerprint density at radius 2 is 2.31 bits per heavy atom. The van der Waals surface area contributed by atoms with Crippen molar-refractivity contribution < 1.29 is 9.53 Å². The van der Waals surface area contributed by atoms with E-state index in [-0.39, 0.29) is 18.1 Å². The number of carbonyl (C=O) groups excluding carboxylic acids is 1. The van der Waals surface area contributed by atoms with Gasteiger partial charge in [0.1, 0.15) is 0 Å². The first-order valence-electron chi connectivity index (χ1n) is 6.39. The molecule has 2 fully saturated rings. The van der Waals surface area contributed by atoms with E-state index in [0.717, 1.165) is 39.0 Å². The van der Waals surface area contributed by atoms with Crippen molar-refractivity contribution in [2.24, 2.45) is 0 Å². The van der Waals surface area contributed by atoms with Crippen LogP contribution >= 0.6 is 0 Å². The molecule has 4 heteroatoms. The van der Waals surface area contributed by atoms with Crippen LogP contribution in [0.15, 0.2) is 0 Å². The highest BCUT2D eigenvalue weighted by molar-refractivity contribution is 5.84. The van der Waals surface area contributed by atoms with Crippen molar-refractivity contribution in [3.8, 4) is 0 Å². The molecular weight excluding hydrogens is 204 g/mol. The Morgan fingerprint density at radius 1 is 1.50 bits per heavy atom. The maximum Gasteiger partial charge on any atom is 0.240 e. The summed E-state index contributed by atoms with van der Waals surface area (Å²) in [6.45, 7) is 6.80. The summed E-state index contributed by atoms with van der Waals surface area (Å²) in [7, 11) is 0. The van der Waals surface area contributed by atoms with Gasteiger partial charge in [0.15, 0.2) is 0 Å². The molecule has 3 unspecified atom stereocenters. The summed E-state index contributed by atoms with van der Waals surface area (Å²) in [6, 6.07) is 0.355. The number of nitrogens with one attached hydrogen (secondary N) is 1. The monoisotopic (exact) mass is 226 g/mol. The number of amides is 1. The molecule has 1 amide bonds. The molecule has 16 heavy (non-hydrogen) atoms. The number of hydrogen-bond acceptors (Lipinski definition) is 3. The number of nitrogens with zero attached hydrogens (tertiary/aromatic N) is 1. The van der Waals surface area contributed by atoms with Gasteiger partial charge in [0.25, 0.3) is 0 Å². The minimum atomic E-state index is 0.0488. The number of carbonyl (C=O) groups is 1. The summed E-state index contributed by atoms with van der Waals surface area (Å²) >= 11 is 0. The van der Waals surface area contributed by atoms with Gasteiger partial charge >= 0.3 is 0 Å². The van der Waals surface area contributed by atoms with Crippen LogP contribution in [0.4, 0.5) is 0 Å². The Hall–Kier alpha value is -0.610. The lowest BCUT2D eigenvalue weighted by Gasteiger charge is -2.26. The highest BCUT2D eigenvalue weighted by Crippen LogP contribution is 2.24. The topological polar surface area (TPSA) is 41.6 Å². The third-order valence-corrected chi connectivity index (χ3v) is 3.62. The number of hydrogen-bond donors (Lipinski definition) is 1. The van der Waals surface area contributed by atoms with Gasteiger partial charge in [-0.1, -0.05) is 6.92 Å². The van der Waals surface area contributed by atoms with E-state index in [4.69, 9.17) is 4.74 Å². The third kappa shape index (κ3) is 2.23. The number of rotatable bonds is 4. The summed E-state index contributed by atoms with van der Waals surface area (Å²) in [5, 5.41) is 3.32. The predicted molar refractivity (Wildman–Crippen MR) is 62.2 cm³/mol. The van der Waals surface area contributed by atoms with E-state index in [1.807, 2.05) is 4.90 Å². The van der Waals surface area contributed by atoms with Gasteiger partial charge in [-0.15, -0.1) is 0 Å². The van der Waals surface area contributed by atoms with Crippen LogP contribution < -0.4 is 5.32 Å². The first-order chi connectivity index (χ1) is 7.74. The zero-order valence-electron chi connectivity index (χ0n) is 10.2. The number of ether oxygens (including phenoxy) is 1. The quantitative estimate of drug-likeness (QED) is 0.769. The Balaban J connectivity index is 1.91. The molecule has 2 rings (SSSR count). The Morgan fingerprint density at radius 3 is 2.94 bits per heavy atom. The highest BCUT2D eigenvalue weighted by Gasteiger charge is 2.39. The third-order valence-electron chi connectivity index (χ3n) is 3.62. The fourth-order valence-corrected chi connectivity index (χ4v) is 2.67. The summed E-state index contributed by atoms with van der Waals surface area (Å²) in [5.41, 5.74) is 0. The van der Waals surface area contributed by atoms with E-state index in [2.05, 4.69) is 19.2 Å². The largest absolute Gasteiger partial charge is 0.376 e. The van der Waals surface area contributed by atoms with Gasteiger partial charge in [-0.25, -0.2) is 0 Å². The van der Waals surface area contributed by atoms with E-state index in [9.17, 15) is 4.79 Å². The van der Waals surface area contributed by atoms with E-state index >= 15 is 0 Å². The minimum absolute atomic E-state index is 0.0488. The van der Waals surface area contributed by atoms with Crippen LogP contribution in [0, 0.1) is 0 Å².